The summed E-state index contributed by atoms with van der Waals surface area (Å²) in [4.78, 5) is 95.2. The van der Waals surface area contributed by atoms with E-state index >= 15 is 0 Å². The molecule has 0 aliphatic heterocycles. The molecule has 0 aliphatic carbocycles. The fourth-order valence-corrected chi connectivity index (χ4v) is 4.55. The van der Waals surface area contributed by atoms with Crippen molar-refractivity contribution < 1.29 is 43.2 Å². The lowest BCUT2D eigenvalue weighted by molar-refractivity contribution is -0.129. The summed E-state index contributed by atoms with van der Waals surface area (Å²) in [6.07, 6.45) is 13.4. The maximum absolute atomic E-state index is 11.4. The van der Waals surface area contributed by atoms with Crippen molar-refractivity contribution in [1.82, 2.24) is 31.9 Å². The van der Waals surface area contributed by atoms with Crippen molar-refractivity contribution in [2.75, 3.05) is 59.4 Å². The highest BCUT2D eigenvalue weighted by Gasteiger charge is 2.18. The average molecular weight is 1090 g/mol. The van der Waals surface area contributed by atoms with E-state index in [1.807, 2.05) is 52.8 Å². The minimum atomic E-state index is -0.857. The number of likely N-dealkylation sites (N-methyl/N-ethyl adjacent to an activating group) is 1. The molecule has 0 aliphatic rings. The second-order valence-electron chi connectivity index (χ2n) is 17.2. The molecule has 23 nitrogen and oxygen atoms in total. The van der Waals surface area contributed by atoms with Crippen LogP contribution in [0.3, 0.4) is 0 Å². The predicted molar refractivity (Wildman–Crippen MR) is 313 cm³/mol. The molecule has 0 radical (unpaired) electrons. The van der Waals surface area contributed by atoms with E-state index in [1.165, 1.54) is 71.3 Å². The quantitative estimate of drug-likeness (QED) is 0.0490. The van der Waals surface area contributed by atoms with Crippen LogP contribution < -0.4 is 77.8 Å². The highest BCUT2D eigenvalue weighted by molar-refractivity contribution is 5.90. The summed E-state index contributed by atoms with van der Waals surface area (Å²) in [6.45, 7) is 27.0. The Hall–Kier alpha value is -5.59. The van der Waals surface area contributed by atoms with Gasteiger partial charge in [-0.25, -0.2) is 0 Å². The summed E-state index contributed by atoms with van der Waals surface area (Å²) in [7, 11) is 1.64. The number of nitrogens with two attached hydrogens (primary N) is 8. The Morgan fingerprint density at radius 2 is 0.882 bits per heavy atom. The number of primary amides is 3. The highest BCUT2D eigenvalue weighted by Crippen LogP contribution is 2.10. The monoisotopic (exact) mass is 1090 g/mol. The number of aldehydes is 1. The third kappa shape index (κ3) is 113. The van der Waals surface area contributed by atoms with Gasteiger partial charge in [-0.15, -0.1) is 0 Å². The van der Waals surface area contributed by atoms with Gasteiger partial charge in [-0.1, -0.05) is 136 Å². The van der Waals surface area contributed by atoms with Gasteiger partial charge < -0.3 is 82.6 Å². The van der Waals surface area contributed by atoms with E-state index < -0.39 is 35.7 Å². The van der Waals surface area contributed by atoms with Crippen LogP contribution in [0.15, 0.2) is 30.3 Å². The third-order valence-electron chi connectivity index (χ3n) is 7.51. The average Bonchev–Trinajstić information content (AvgIpc) is 3.31. The molecule has 23 heteroatoms. The molecule has 0 saturated heterocycles. The molecule has 0 fully saturated rings. The molecule has 450 valence electrons. The Bertz CT molecular complexity index is 1470. The number of carbonyl (C=O) groups is 9. The lowest BCUT2D eigenvalue weighted by Crippen LogP contribution is -2.49. The molecule has 0 bridgehead atoms. The first kappa shape index (κ1) is 89.9. The van der Waals surface area contributed by atoms with Gasteiger partial charge in [-0.3, -0.25) is 38.4 Å². The fourth-order valence-electron chi connectivity index (χ4n) is 4.55. The molecule has 2 atom stereocenters. The van der Waals surface area contributed by atoms with Crippen molar-refractivity contribution in [2.45, 2.75) is 185 Å². The molecule has 1 aromatic carbocycles. The fraction of sp³-hybridized carbons (Fsp3) is 0.717. The van der Waals surface area contributed by atoms with Gasteiger partial charge in [0.05, 0.1) is 19.6 Å². The standard InChI is InChI=1S/C12H25NO.C10H19N5O4.C7H16N4O2.C7H8.C5H11NO.C4H10.3C2H7N.C2H4O/c1-2-3-4-5-6-7-8-9-10-11-12(13)14;1-6(16)13-4-8(17)14-5-9(18)15-7(2-3-11)10(12)19;1-10-4-6(12)11-5(2-3-8)7(9)13;1-7-5-3-2-4-6-7;1-4(2)6-5(3)7;1-4(2)3;4*1-2-3/h2-11H2,1H3,(H2,13,14);7H,2-5,11H2,1H3,(H2,12,19)(H,13,16)(H,14,17)(H,15,18);5,10H,2-4,8H2,1H3,(H2,9,13)(H,11,12);2-6H,1H3;4H,1-3H3,(H,6,7);4H,1-3H3;3*2-3H2,1H3;2H,1H3. The minimum Gasteiger partial charge on any atom is -0.370 e. The van der Waals surface area contributed by atoms with Gasteiger partial charge in [0.2, 0.25) is 47.3 Å². The first-order valence-electron chi connectivity index (χ1n) is 26.5. The van der Waals surface area contributed by atoms with Crippen LogP contribution in [0, 0.1) is 12.8 Å². The zero-order chi connectivity index (χ0) is 61.1. The van der Waals surface area contributed by atoms with Crippen molar-refractivity contribution in [3.63, 3.8) is 0 Å². The molecule has 22 N–H and O–H groups in total. The molecular formula is C53H114N14O9. The van der Waals surface area contributed by atoms with Gasteiger partial charge in [0.1, 0.15) is 18.4 Å². The van der Waals surface area contributed by atoms with Crippen LogP contribution in [0.1, 0.15) is 166 Å². The first-order valence-corrected chi connectivity index (χ1v) is 26.5. The van der Waals surface area contributed by atoms with Crippen LogP contribution in [0.5, 0.6) is 0 Å². The molecule has 1 aromatic rings. The van der Waals surface area contributed by atoms with E-state index in [0.29, 0.717) is 19.4 Å². The zero-order valence-electron chi connectivity index (χ0n) is 49.7. The highest BCUT2D eigenvalue weighted by atomic mass is 16.2. The topological polar surface area (TPSA) is 434 Å². The van der Waals surface area contributed by atoms with E-state index in [9.17, 15) is 38.4 Å². The molecule has 0 saturated carbocycles. The number of nitrogens with one attached hydrogen (secondary N) is 6. The molecule has 76 heavy (non-hydrogen) atoms. The zero-order valence-corrected chi connectivity index (χ0v) is 49.7. The van der Waals surface area contributed by atoms with E-state index in [2.05, 4.69) is 78.7 Å². The Morgan fingerprint density at radius 1 is 0.539 bits per heavy atom. The molecule has 0 aromatic heterocycles. The van der Waals surface area contributed by atoms with Crippen molar-refractivity contribution in [1.29, 1.82) is 0 Å². The number of amides is 8. The van der Waals surface area contributed by atoms with Crippen molar-refractivity contribution in [2.24, 2.45) is 51.8 Å². The summed E-state index contributed by atoms with van der Waals surface area (Å²) in [5, 5.41) is 14.7. The van der Waals surface area contributed by atoms with Gasteiger partial charge >= 0.3 is 0 Å². The van der Waals surface area contributed by atoms with Gasteiger partial charge in [0.25, 0.3) is 0 Å². The Morgan fingerprint density at radius 3 is 1.13 bits per heavy atom. The summed E-state index contributed by atoms with van der Waals surface area (Å²) >= 11 is 0. The minimum absolute atomic E-state index is 0.0370. The van der Waals surface area contributed by atoms with E-state index in [-0.39, 0.29) is 62.3 Å². The largest absolute Gasteiger partial charge is 0.370 e. The number of aryl methyl sites for hydroxylation is 1. The molecular weight excluding hydrogens is 977 g/mol. The number of hydrogen-bond acceptors (Lipinski definition) is 15. The molecule has 0 heterocycles. The van der Waals surface area contributed by atoms with Crippen LogP contribution in [0.2, 0.25) is 0 Å². The summed E-state index contributed by atoms with van der Waals surface area (Å²) in [6, 6.07) is 9.02. The van der Waals surface area contributed by atoms with Crippen LogP contribution in [0.4, 0.5) is 0 Å². The maximum Gasteiger partial charge on any atom is 0.240 e. The van der Waals surface area contributed by atoms with Crippen LogP contribution in [-0.2, 0) is 43.2 Å². The molecule has 8 amide bonds. The number of hydrogen-bond donors (Lipinski definition) is 14. The van der Waals surface area contributed by atoms with Gasteiger partial charge in [-0.2, -0.15) is 0 Å². The van der Waals surface area contributed by atoms with Crippen LogP contribution >= 0.6 is 0 Å². The normalized spacial score (nSPS) is 9.80. The van der Waals surface area contributed by atoms with Gasteiger partial charge in [-0.05, 0) is 92.6 Å². The van der Waals surface area contributed by atoms with Crippen LogP contribution in [0.25, 0.3) is 0 Å². The summed E-state index contributed by atoms with van der Waals surface area (Å²) < 4.78 is 0. The first-order chi connectivity index (χ1) is 35.7. The predicted octanol–water partition coefficient (Wildman–Crippen LogP) is 1.76. The molecule has 0 spiro atoms. The maximum atomic E-state index is 11.4. The number of unbranched alkanes of at least 4 members (excludes halogenated alkanes) is 8. The van der Waals surface area contributed by atoms with Crippen molar-refractivity contribution in [3.05, 3.63) is 35.9 Å². The lowest BCUT2D eigenvalue weighted by atomic mass is 10.1. The SMILES string of the molecule is CC(=O)NC(C)C.CC(=O)NCC(=O)NCC(=O)NC(CCN)C(N)=O.CC(C)C.CC=O.CCCCCCCCCCCC(N)=O.CCN.CCN.CCN.CNCC(=O)NC(CCN)C(N)=O.Cc1ccccc1. The molecule has 1 rings (SSSR count). The molecule has 2 unspecified atom stereocenters. The van der Waals surface area contributed by atoms with E-state index in [4.69, 9.17) is 50.7 Å². The number of carbonyl (C=O) groups excluding carboxylic acids is 9. The Labute approximate surface area is 459 Å². The van der Waals surface area contributed by atoms with E-state index in [1.54, 1.807) is 7.05 Å². The Kier molecular flexibility index (Phi) is 89.9. The Balaban J connectivity index is -0.000000101. The summed E-state index contributed by atoms with van der Waals surface area (Å²) in [5.74, 6) is -2.23. The van der Waals surface area contributed by atoms with E-state index in [0.717, 1.165) is 44.7 Å². The van der Waals surface area contributed by atoms with Crippen molar-refractivity contribution in [3.8, 4) is 0 Å². The lowest BCUT2D eigenvalue weighted by Gasteiger charge is -2.14. The smallest absolute Gasteiger partial charge is 0.240 e. The summed E-state index contributed by atoms with van der Waals surface area (Å²) in [5.41, 5.74) is 41.5. The van der Waals surface area contributed by atoms with Crippen LogP contribution in [-0.4, -0.2) is 131 Å². The number of rotatable bonds is 25. The second kappa shape index (κ2) is 75.9. The third-order valence-corrected chi connectivity index (χ3v) is 7.51. The van der Waals surface area contributed by atoms with Crippen molar-refractivity contribution >= 4 is 53.5 Å². The van der Waals surface area contributed by atoms with Gasteiger partial charge in [0, 0.05) is 26.3 Å². The second-order valence-corrected chi connectivity index (χ2v) is 17.2. The number of benzene rings is 1. The van der Waals surface area contributed by atoms with Gasteiger partial charge in [0.15, 0.2) is 0 Å².